The lowest BCUT2D eigenvalue weighted by Crippen LogP contribution is -2.42. The average molecular weight is 317 g/mol. The van der Waals surface area contributed by atoms with Gasteiger partial charge in [0.15, 0.2) is 0 Å². The van der Waals surface area contributed by atoms with Gasteiger partial charge < -0.3 is 10.2 Å². The molecule has 1 saturated heterocycles. The number of halogens is 2. The zero-order valence-corrected chi connectivity index (χ0v) is 11.8. The molecule has 1 aromatic carbocycles. The van der Waals surface area contributed by atoms with E-state index in [9.17, 15) is 4.39 Å². The van der Waals surface area contributed by atoms with E-state index in [4.69, 9.17) is 0 Å². The molecule has 1 aromatic rings. The van der Waals surface area contributed by atoms with Crippen LogP contribution in [0.15, 0.2) is 16.6 Å². The Morgan fingerprint density at radius 2 is 2.35 bits per heavy atom. The van der Waals surface area contributed by atoms with Crippen LogP contribution in [-0.2, 0) is 0 Å². The summed E-state index contributed by atoms with van der Waals surface area (Å²) in [5.41, 5.74) is 2.07. The van der Waals surface area contributed by atoms with Crippen LogP contribution in [0, 0.1) is 5.82 Å². The van der Waals surface area contributed by atoms with Gasteiger partial charge in [0.25, 0.3) is 0 Å². The van der Waals surface area contributed by atoms with Crippen molar-refractivity contribution < 1.29 is 4.39 Å². The number of hydrogen-bond acceptors (Lipinski definition) is 3. The van der Waals surface area contributed by atoms with Gasteiger partial charge in [0.2, 0.25) is 0 Å². The molecule has 2 nitrogen and oxygen atoms in total. The molecular formula is C12H14BrFN2S. The molecule has 0 bridgehead atoms. The van der Waals surface area contributed by atoms with Crippen molar-refractivity contribution in [3.05, 3.63) is 22.4 Å². The van der Waals surface area contributed by atoms with Crippen molar-refractivity contribution in [1.82, 2.24) is 0 Å². The van der Waals surface area contributed by atoms with E-state index in [1.54, 1.807) is 6.07 Å². The van der Waals surface area contributed by atoms with Crippen molar-refractivity contribution in [1.29, 1.82) is 0 Å². The Morgan fingerprint density at radius 1 is 1.47 bits per heavy atom. The molecule has 0 spiro atoms. The quantitative estimate of drug-likeness (QED) is 0.790. The van der Waals surface area contributed by atoms with E-state index in [0.29, 0.717) is 10.5 Å². The van der Waals surface area contributed by atoms with Gasteiger partial charge in [0.05, 0.1) is 15.8 Å². The Bertz CT molecular complexity index is 441. The van der Waals surface area contributed by atoms with Crippen LogP contribution >= 0.6 is 27.7 Å². The largest absolute Gasteiger partial charge is 0.383 e. The smallest absolute Gasteiger partial charge is 0.139 e. The minimum atomic E-state index is -0.193. The summed E-state index contributed by atoms with van der Waals surface area (Å²) in [6.45, 7) is 1.98. The van der Waals surface area contributed by atoms with Crippen molar-refractivity contribution in [2.45, 2.75) is 12.5 Å². The van der Waals surface area contributed by atoms with Gasteiger partial charge >= 0.3 is 0 Å². The lowest BCUT2D eigenvalue weighted by Gasteiger charge is -2.36. The van der Waals surface area contributed by atoms with Crippen LogP contribution in [0.1, 0.15) is 6.42 Å². The van der Waals surface area contributed by atoms with Crippen LogP contribution < -0.4 is 10.2 Å². The minimum Gasteiger partial charge on any atom is -0.383 e. The van der Waals surface area contributed by atoms with E-state index in [-0.39, 0.29) is 5.82 Å². The molecule has 2 aliphatic rings. The van der Waals surface area contributed by atoms with Gasteiger partial charge in [-0.15, -0.1) is 0 Å². The number of benzene rings is 1. The van der Waals surface area contributed by atoms with Gasteiger partial charge in [-0.05, 0) is 28.4 Å². The van der Waals surface area contributed by atoms with Crippen molar-refractivity contribution in [2.24, 2.45) is 0 Å². The van der Waals surface area contributed by atoms with E-state index >= 15 is 0 Å². The summed E-state index contributed by atoms with van der Waals surface area (Å²) in [4.78, 5) is 2.43. The van der Waals surface area contributed by atoms with Crippen LogP contribution in [0.3, 0.4) is 0 Å². The van der Waals surface area contributed by atoms with Gasteiger partial charge in [-0.25, -0.2) is 4.39 Å². The zero-order valence-electron chi connectivity index (χ0n) is 9.38. The van der Waals surface area contributed by atoms with Crippen molar-refractivity contribution in [2.75, 3.05) is 34.8 Å². The van der Waals surface area contributed by atoms with Crippen LogP contribution in [0.4, 0.5) is 15.8 Å². The van der Waals surface area contributed by atoms with E-state index in [1.165, 1.54) is 5.75 Å². The van der Waals surface area contributed by atoms with Crippen molar-refractivity contribution in [3.63, 3.8) is 0 Å². The highest BCUT2D eigenvalue weighted by Gasteiger charge is 2.27. The minimum absolute atomic E-state index is 0.193. The molecule has 2 heterocycles. The van der Waals surface area contributed by atoms with E-state index < -0.39 is 0 Å². The number of rotatable bonds is 0. The third kappa shape index (κ3) is 2.15. The third-order valence-corrected chi connectivity index (χ3v) is 5.07. The van der Waals surface area contributed by atoms with Crippen LogP contribution in [0.25, 0.3) is 0 Å². The molecular weight excluding hydrogens is 303 g/mol. The fourth-order valence-electron chi connectivity index (χ4n) is 2.50. The molecule has 0 aromatic heterocycles. The SMILES string of the molecule is Fc1cc2c(cc1Br)N1CCSCC1CCN2. The summed E-state index contributed by atoms with van der Waals surface area (Å²) in [6.07, 6.45) is 1.13. The number of anilines is 2. The van der Waals surface area contributed by atoms with Crippen molar-refractivity contribution >= 4 is 39.1 Å². The highest BCUT2D eigenvalue weighted by Crippen LogP contribution is 2.37. The molecule has 3 rings (SSSR count). The summed E-state index contributed by atoms with van der Waals surface area (Å²) in [5.74, 6) is 2.14. The predicted octanol–water partition coefficient (Wildman–Crippen LogP) is 3.33. The lowest BCUT2D eigenvalue weighted by atomic mass is 10.2. The summed E-state index contributed by atoms with van der Waals surface area (Å²) in [6, 6.07) is 4.09. The predicted molar refractivity (Wildman–Crippen MR) is 75.7 cm³/mol. The van der Waals surface area contributed by atoms with E-state index in [1.807, 2.05) is 17.8 Å². The van der Waals surface area contributed by atoms with Crippen molar-refractivity contribution in [3.8, 4) is 0 Å². The molecule has 0 aliphatic carbocycles. The molecule has 92 valence electrons. The maximum absolute atomic E-state index is 13.6. The van der Waals surface area contributed by atoms with Gasteiger partial charge in [0.1, 0.15) is 5.82 Å². The number of hydrogen-bond donors (Lipinski definition) is 1. The van der Waals surface area contributed by atoms with E-state index in [0.717, 1.165) is 36.6 Å². The summed E-state index contributed by atoms with van der Waals surface area (Å²) in [5, 5.41) is 3.34. The number of nitrogens with one attached hydrogen (secondary N) is 1. The highest BCUT2D eigenvalue weighted by atomic mass is 79.9. The molecule has 1 atom stereocenters. The van der Waals surface area contributed by atoms with Crippen LogP contribution in [0.2, 0.25) is 0 Å². The van der Waals surface area contributed by atoms with Crippen LogP contribution in [-0.4, -0.2) is 30.6 Å². The first-order valence-electron chi connectivity index (χ1n) is 5.83. The number of fused-ring (bicyclic) bond motifs is 3. The summed E-state index contributed by atoms with van der Waals surface area (Å²) in [7, 11) is 0. The molecule has 0 amide bonds. The second-order valence-electron chi connectivity index (χ2n) is 4.42. The van der Waals surface area contributed by atoms with E-state index in [2.05, 4.69) is 26.1 Å². The normalized spacial score (nSPS) is 23.4. The topological polar surface area (TPSA) is 15.3 Å². The first kappa shape index (κ1) is 11.7. The second kappa shape index (κ2) is 4.69. The standard InChI is InChI=1S/C12H14BrFN2S/c13-9-5-12-11(6-10(9)14)15-2-1-8-7-17-4-3-16(8)12/h5-6,8,15H,1-4,7H2. The van der Waals surface area contributed by atoms with Gasteiger partial charge in [-0.3, -0.25) is 0 Å². The Kier molecular flexibility index (Phi) is 3.21. The molecule has 1 fully saturated rings. The van der Waals surface area contributed by atoms with Gasteiger partial charge in [-0.1, -0.05) is 0 Å². The number of nitrogens with zero attached hydrogens (tertiary/aromatic N) is 1. The Morgan fingerprint density at radius 3 is 3.24 bits per heavy atom. The molecule has 5 heteroatoms. The first-order chi connectivity index (χ1) is 8.25. The third-order valence-electron chi connectivity index (χ3n) is 3.37. The molecule has 2 aliphatic heterocycles. The molecule has 1 unspecified atom stereocenters. The average Bonchev–Trinajstić information content (AvgIpc) is 2.50. The Balaban J connectivity index is 2.05. The first-order valence-corrected chi connectivity index (χ1v) is 7.78. The second-order valence-corrected chi connectivity index (χ2v) is 6.43. The Labute approximate surface area is 113 Å². The highest BCUT2D eigenvalue weighted by molar-refractivity contribution is 9.10. The summed E-state index contributed by atoms with van der Waals surface area (Å²) >= 11 is 5.30. The Hall–Kier alpha value is -0.420. The lowest BCUT2D eigenvalue weighted by molar-refractivity contribution is 0.617. The molecule has 1 N–H and O–H groups in total. The fraction of sp³-hybridized carbons (Fsp3) is 0.500. The fourth-order valence-corrected chi connectivity index (χ4v) is 3.94. The maximum atomic E-state index is 13.6. The van der Waals surface area contributed by atoms with Crippen LogP contribution in [0.5, 0.6) is 0 Å². The maximum Gasteiger partial charge on any atom is 0.139 e. The van der Waals surface area contributed by atoms with Gasteiger partial charge in [0, 0.05) is 36.7 Å². The zero-order chi connectivity index (χ0) is 11.8. The number of thioether (sulfide) groups is 1. The summed E-state index contributed by atoms with van der Waals surface area (Å²) < 4.78 is 14.1. The monoisotopic (exact) mass is 316 g/mol. The van der Waals surface area contributed by atoms with Gasteiger partial charge in [-0.2, -0.15) is 11.8 Å². The molecule has 0 radical (unpaired) electrons. The molecule has 0 saturated carbocycles. The molecule has 17 heavy (non-hydrogen) atoms.